The van der Waals surface area contributed by atoms with E-state index in [9.17, 15) is 4.79 Å². The summed E-state index contributed by atoms with van der Waals surface area (Å²) in [5.41, 5.74) is 2.04. The van der Waals surface area contributed by atoms with Gasteiger partial charge in [0.25, 0.3) is 0 Å². The Balaban J connectivity index is 1.21. The first-order valence-electron chi connectivity index (χ1n) is 10.9. The number of anilines is 1. The van der Waals surface area contributed by atoms with Crippen LogP contribution >= 0.6 is 11.8 Å². The summed E-state index contributed by atoms with van der Waals surface area (Å²) >= 11 is 2.11. The van der Waals surface area contributed by atoms with Crippen LogP contribution in [0.15, 0.2) is 24.3 Å². The number of amides is 1. The number of benzene rings is 1. The number of nitrogens with zero attached hydrogens (tertiary/aromatic N) is 2. The Bertz CT molecular complexity index is 738. The summed E-state index contributed by atoms with van der Waals surface area (Å²) in [6, 6.07) is 8.09. The number of carbonyl (C=O) groups is 1. The van der Waals surface area contributed by atoms with E-state index in [2.05, 4.69) is 27.0 Å². The zero-order valence-corrected chi connectivity index (χ0v) is 17.5. The van der Waals surface area contributed by atoms with Crippen LogP contribution in [0.25, 0.3) is 11.0 Å². The van der Waals surface area contributed by atoms with Crippen molar-refractivity contribution in [3.63, 3.8) is 0 Å². The van der Waals surface area contributed by atoms with E-state index in [1.165, 1.54) is 37.9 Å². The number of para-hydroxylation sites is 2. The second kappa shape index (κ2) is 9.68. The molecule has 2 N–H and O–H groups in total. The van der Waals surface area contributed by atoms with Gasteiger partial charge >= 0.3 is 0 Å². The fourth-order valence-electron chi connectivity index (χ4n) is 4.38. The Morgan fingerprint density at radius 1 is 1.18 bits per heavy atom. The van der Waals surface area contributed by atoms with Crippen molar-refractivity contribution in [2.45, 2.75) is 56.6 Å². The van der Waals surface area contributed by atoms with Crippen LogP contribution in [0.5, 0.6) is 0 Å². The van der Waals surface area contributed by atoms with Crippen molar-refractivity contribution in [1.82, 2.24) is 15.3 Å². The minimum absolute atomic E-state index is 0.0629. The Morgan fingerprint density at radius 3 is 2.89 bits per heavy atom. The van der Waals surface area contributed by atoms with Crippen LogP contribution in [0, 0.1) is 5.92 Å². The van der Waals surface area contributed by atoms with Crippen LogP contribution in [0.1, 0.15) is 51.4 Å². The number of fused-ring (bicyclic) bond motifs is 1. The predicted octanol–water partition coefficient (Wildman–Crippen LogP) is 4.35. The van der Waals surface area contributed by atoms with Gasteiger partial charge in [-0.15, -0.1) is 0 Å². The summed E-state index contributed by atoms with van der Waals surface area (Å²) in [6.45, 7) is 2.52. The van der Waals surface area contributed by atoms with Gasteiger partial charge in [0, 0.05) is 24.9 Å². The lowest BCUT2D eigenvalue weighted by Gasteiger charge is -2.31. The summed E-state index contributed by atoms with van der Waals surface area (Å²) in [6.07, 6.45) is 10.1. The summed E-state index contributed by atoms with van der Waals surface area (Å²) in [5.74, 6) is 2.33. The van der Waals surface area contributed by atoms with Gasteiger partial charge in [-0.2, -0.15) is 11.8 Å². The lowest BCUT2D eigenvalue weighted by molar-refractivity contribution is -0.125. The van der Waals surface area contributed by atoms with Gasteiger partial charge < -0.3 is 15.2 Å². The Kier molecular flexibility index (Phi) is 6.78. The van der Waals surface area contributed by atoms with Crippen molar-refractivity contribution in [1.29, 1.82) is 0 Å². The molecule has 152 valence electrons. The molecule has 4 rings (SSSR count). The molecule has 1 saturated heterocycles. The van der Waals surface area contributed by atoms with Crippen LogP contribution in [0.4, 0.5) is 5.95 Å². The highest BCUT2D eigenvalue weighted by atomic mass is 32.2. The summed E-state index contributed by atoms with van der Waals surface area (Å²) in [4.78, 5) is 23.0. The monoisotopic (exact) mass is 400 g/mol. The molecular formula is C22H32N4OS. The number of thioether (sulfide) groups is 1. The SMILES string of the molecule is O=C(NCCCSC1CCCCC1)[C@H]1CCCN(c2nc3ccccc3[nH]2)C1. The van der Waals surface area contributed by atoms with E-state index in [4.69, 9.17) is 4.98 Å². The third-order valence-electron chi connectivity index (χ3n) is 5.99. The number of carbonyl (C=O) groups excluding carboxylic acids is 1. The van der Waals surface area contributed by atoms with Crippen molar-refractivity contribution in [2.75, 3.05) is 30.3 Å². The number of aromatic nitrogens is 2. The molecule has 28 heavy (non-hydrogen) atoms. The van der Waals surface area contributed by atoms with Gasteiger partial charge in [0.05, 0.1) is 17.0 Å². The molecule has 1 atom stereocenters. The maximum absolute atomic E-state index is 12.6. The summed E-state index contributed by atoms with van der Waals surface area (Å²) in [5, 5.41) is 4.04. The predicted molar refractivity (Wildman–Crippen MR) is 118 cm³/mol. The van der Waals surface area contributed by atoms with Gasteiger partial charge in [-0.1, -0.05) is 31.4 Å². The molecule has 1 aromatic heterocycles. The lowest BCUT2D eigenvalue weighted by atomic mass is 9.97. The van der Waals surface area contributed by atoms with Gasteiger partial charge in [-0.3, -0.25) is 4.79 Å². The van der Waals surface area contributed by atoms with E-state index < -0.39 is 0 Å². The average molecular weight is 401 g/mol. The fourth-order valence-corrected chi connectivity index (χ4v) is 5.69. The first-order valence-corrected chi connectivity index (χ1v) is 11.9. The molecule has 1 aliphatic carbocycles. The maximum Gasteiger partial charge on any atom is 0.224 e. The number of hydrogen-bond donors (Lipinski definition) is 2. The molecule has 2 fully saturated rings. The van der Waals surface area contributed by atoms with E-state index in [0.717, 1.165) is 61.1 Å². The molecule has 1 aliphatic heterocycles. The van der Waals surface area contributed by atoms with E-state index in [0.29, 0.717) is 0 Å². The highest BCUT2D eigenvalue weighted by Gasteiger charge is 2.27. The Morgan fingerprint density at radius 2 is 2.04 bits per heavy atom. The van der Waals surface area contributed by atoms with E-state index in [1.807, 2.05) is 24.3 Å². The summed E-state index contributed by atoms with van der Waals surface area (Å²) < 4.78 is 0. The number of aromatic amines is 1. The summed E-state index contributed by atoms with van der Waals surface area (Å²) in [7, 11) is 0. The molecule has 1 amide bonds. The topological polar surface area (TPSA) is 61.0 Å². The molecular weight excluding hydrogens is 368 g/mol. The van der Waals surface area contributed by atoms with Crippen LogP contribution in [0.2, 0.25) is 0 Å². The quantitative estimate of drug-likeness (QED) is 0.678. The molecule has 5 nitrogen and oxygen atoms in total. The van der Waals surface area contributed by atoms with Crippen molar-refractivity contribution in [3.05, 3.63) is 24.3 Å². The minimum Gasteiger partial charge on any atom is -0.356 e. The van der Waals surface area contributed by atoms with Crippen LogP contribution in [-0.2, 0) is 4.79 Å². The number of H-pyrrole nitrogens is 1. The van der Waals surface area contributed by atoms with Crippen LogP contribution < -0.4 is 10.2 Å². The van der Waals surface area contributed by atoms with Crippen molar-refractivity contribution in [2.24, 2.45) is 5.92 Å². The minimum atomic E-state index is 0.0629. The first-order chi connectivity index (χ1) is 13.8. The van der Waals surface area contributed by atoms with Gasteiger partial charge in [-0.05, 0) is 50.0 Å². The number of hydrogen-bond acceptors (Lipinski definition) is 4. The molecule has 0 spiro atoms. The lowest BCUT2D eigenvalue weighted by Crippen LogP contribution is -2.43. The molecule has 1 aromatic carbocycles. The standard InChI is InChI=1S/C22H32N4OS/c27-21(23-13-7-15-28-18-9-2-1-3-10-18)17-8-6-14-26(16-17)22-24-19-11-4-5-12-20(19)25-22/h4-5,11-12,17-18H,1-3,6-10,13-16H2,(H,23,27)(H,24,25)/t17-/m0/s1. The molecule has 1 saturated carbocycles. The largest absolute Gasteiger partial charge is 0.356 e. The molecule has 0 bridgehead atoms. The highest BCUT2D eigenvalue weighted by molar-refractivity contribution is 7.99. The number of nitrogens with one attached hydrogen (secondary N) is 2. The van der Waals surface area contributed by atoms with Gasteiger partial charge in [-0.25, -0.2) is 4.98 Å². The number of imidazole rings is 1. The Hall–Kier alpha value is -1.69. The maximum atomic E-state index is 12.6. The molecule has 0 unspecified atom stereocenters. The number of rotatable bonds is 7. The van der Waals surface area contributed by atoms with E-state index in [1.54, 1.807) is 0 Å². The van der Waals surface area contributed by atoms with Crippen molar-refractivity contribution < 1.29 is 4.79 Å². The van der Waals surface area contributed by atoms with E-state index in [-0.39, 0.29) is 11.8 Å². The molecule has 2 heterocycles. The fraction of sp³-hybridized carbons (Fsp3) is 0.636. The number of piperidine rings is 1. The van der Waals surface area contributed by atoms with Crippen LogP contribution in [0.3, 0.4) is 0 Å². The molecule has 2 aliphatic rings. The second-order valence-electron chi connectivity index (χ2n) is 8.14. The third kappa shape index (κ3) is 5.02. The first kappa shape index (κ1) is 19.6. The smallest absolute Gasteiger partial charge is 0.224 e. The van der Waals surface area contributed by atoms with Gasteiger partial charge in [0.2, 0.25) is 11.9 Å². The normalized spacial score (nSPS) is 21.1. The van der Waals surface area contributed by atoms with Crippen LogP contribution in [-0.4, -0.2) is 46.5 Å². The third-order valence-corrected chi connectivity index (χ3v) is 7.46. The second-order valence-corrected chi connectivity index (χ2v) is 9.55. The highest BCUT2D eigenvalue weighted by Crippen LogP contribution is 2.28. The van der Waals surface area contributed by atoms with Gasteiger partial charge in [0.15, 0.2) is 0 Å². The Labute approximate surface area is 172 Å². The molecule has 6 heteroatoms. The van der Waals surface area contributed by atoms with E-state index >= 15 is 0 Å². The average Bonchev–Trinajstić information content (AvgIpc) is 3.19. The zero-order valence-electron chi connectivity index (χ0n) is 16.7. The molecule has 0 radical (unpaired) electrons. The zero-order chi connectivity index (χ0) is 19.2. The molecule has 2 aromatic rings. The van der Waals surface area contributed by atoms with Crippen molar-refractivity contribution >= 4 is 34.7 Å². The van der Waals surface area contributed by atoms with Gasteiger partial charge in [0.1, 0.15) is 0 Å². The van der Waals surface area contributed by atoms with Crippen molar-refractivity contribution in [3.8, 4) is 0 Å².